The van der Waals surface area contributed by atoms with Crippen molar-refractivity contribution in [2.75, 3.05) is 14.2 Å². The minimum atomic E-state index is -1.70. The molecule has 30 heavy (non-hydrogen) atoms. The summed E-state index contributed by atoms with van der Waals surface area (Å²) in [6.07, 6.45) is 0. The van der Waals surface area contributed by atoms with E-state index in [9.17, 15) is 8.42 Å². The summed E-state index contributed by atoms with van der Waals surface area (Å²) < 4.78 is 37.9. The van der Waals surface area contributed by atoms with Gasteiger partial charge >= 0.3 is 0 Å². The Kier molecular flexibility index (Phi) is 6.53. The minimum Gasteiger partial charge on any atom is -0.290 e. The van der Waals surface area contributed by atoms with Gasteiger partial charge in [-0.3, -0.25) is 8.37 Å². The lowest BCUT2D eigenvalue weighted by atomic mass is 9.94. The van der Waals surface area contributed by atoms with Gasteiger partial charge in [0.25, 0.3) is 0 Å². The highest BCUT2D eigenvalue weighted by Gasteiger charge is 2.23. The maximum Gasteiger partial charge on any atom is 0.189 e. The Bertz CT molecular complexity index is 1230. The van der Waals surface area contributed by atoms with Crippen molar-refractivity contribution in [3.63, 3.8) is 0 Å². The summed E-state index contributed by atoms with van der Waals surface area (Å²) in [5, 5.41) is 3.68. The number of benzene rings is 4. The summed E-state index contributed by atoms with van der Waals surface area (Å²) in [4.78, 5) is 1.02. The molecule has 4 aromatic rings. The molecule has 154 valence electrons. The molecule has 0 aliphatic carbocycles. The fraction of sp³-hybridized carbons (Fsp3) is 0.0909. The lowest BCUT2D eigenvalue weighted by Crippen LogP contribution is -2.02. The van der Waals surface area contributed by atoms with Gasteiger partial charge in [0.05, 0.1) is 24.0 Å². The largest absolute Gasteiger partial charge is 0.290 e. The van der Waals surface area contributed by atoms with Crippen LogP contribution in [0.5, 0.6) is 0 Å². The zero-order chi connectivity index (χ0) is 21.4. The van der Waals surface area contributed by atoms with Gasteiger partial charge in [-0.1, -0.05) is 56.1 Å². The first kappa shape index (κ1) is 21.8. The van der Waals surface area contributed by atoms with E-state index in [1.165, 1.54) is 14.2 Å². The zero-order valence-corrected chi connectivity index (χ0v) is 20.8. The van der Waals surface area contributed by atoms with Gasteiger partial charge in [-0.25, -0.2) is 8.42 Å². The molecule has 8 heteroatoms. The van der Waals surface area contributed by atoms with E-state index < -0.39 is 22.2 Å². The molecule has 0 heterocycles. The Balaban J connectivity index is 2.23. The maximum atomic E-state index is 12.8. The Morgan fingerprint density at radius 3 is 1.40 bits per heavy atom. The topological polar surface area (TPSA) is 52.6 Å². The molecule has 0 aliphatic heterocycles. The maximum absolute atomic E-state index is 12.8. The van der Waals surface area contributed by atoms with Crippen molar-refractivity contribution in [1.82, 2.24) is 0 Å². The van der Waals surface area contributed by atoms with Crippen molar-refractivity contribution in [1.29, 1.82) is 0 Å². The van der Waals surface area contributed by atoms with Crippen LogP contribution in [0.1, 0.15) is 0 Å². The second-order valence-electron chi connectivity index (χ2n) is 6.41. The first-order valence-electron chi connectivity index (χ1n) is 8.82. The monoisotopic (exact) mass is 566 g/mol. The summed E-state index contributed by atoms with van der Waals surface area (Å²) in [6.45, 7) is 0. The highest BCUT2D eigenvalue weighted by molar-refractivity contribution is 9.10. The first-order valence-corrected chi connectivity index (χ1v) is 12.6. The lowest BCUT2D eigenvalue weighted by molar-refractivity contribution is 0.445. The van der Waals surface area contributed by atoms with E-state index >= 15 is 0 Å². The predicted molar refractivity (Wildman–Crippen MR) is 129 cm³/mol. The Hall–Kier alpha value is -1.42. The molecular formula is C22H16Br2O4S2. The highest BCUT2D eigenvalue weighted by atomic mass is 79.9. The smallest absolute Gasteiger partial charge is 0.189 e. The van der Waals surface area contributed by atoms with Crippen molar-refractivity contribution in [2.24, 2.45) is 0 Å². The second-order valence-corrected chi connectivity index (χ2v) is 10.7. The van der Waals surface area contributed by atoms with Crippen LogP contribution in [0, 0.1) is 0 Å². The number of halogens is 2. The fourth-order valence-corrected chi connectivity index (χ4v) is 5.77. The standard InChI is InChI=1S/C22H16Br2O4S2/c1-27-29(25)19-9-3-13-11-15(23)5-7-17(13)21(19)22-18-8-6-16(24)12-14(18)4-10-20(22)30(26)28-2/h3-12H,1-2H3. The number of hydrogen-bond acceptors (Lipinski definition) is 4. The molecule has 0 spiro atoms. The average molecular weight is 568 g/mol. The van der Waals surface area contributed by atoms with Crippen molar-refractivity contribution in [2.45, 2.75) is 9.79 Å². The van der Waals surface area contributed by atoms with Gasteiger partial charge in [0.15, 0.2) is 22.2 Å². The van der Waals surface area contributed by atoms with Crippen LogP contribution in [-0.4, -0.2) is 22.6 Å². The number of fused-ring (bicyclic) bond motifs is 2. The lowest BCUT2D eigenvalue weighted by Gasteiger charge is -2.18. The molecule has 0 radical (unpaired) electrons. The normalized spacial score (nSPS) is 13.6. The molecule has 0 fully saturated rings. The van der Waals surface area contributed by atoms with E-state index in [1.807, 2.05) is 48.5 Å². The van der Waals surface area contributed by atoms with Crippen LogP contribution < -0.4 is 0 Å². The molecule has 2 atom stereocenters. The van der Waals surface area contributed by atoms with Crippen LogP contribution >= 0.6 is 31.9 Å². The molecule has 0 bridgehead atoms. The van der Waals surface area contributed by atoms with Crippen LogP contribution in [0.2, 0.25) is 0 Å². The average Bonchev–Trinajstić information content (AvgIpc) is 2.76. The second kappa shape index (κ2) is 8.98. The van der Waals surface area contributed by atoms with E-state index in [0.717, 1.165) is 30.5 Å². The van der Waals surface area contributed by atoms with E-state index in [4.69, 9.17) is 8.37 Å². The van der Waals surface area contributed by atoms with Gasteiger partial charge in [0, 0.05) is 20.1 Å². The van der Waals surface area contributed by atoms with Crippen LogP contribution in [0.15, 0.2) is 79.4 Å². The van der Waals surface area contributed by atoms with Crippen LogP contribution in [0.25, 0.3) is 32.7 Å². The quantitative estimate of drug-likeness (QED) is 0.275. The van der Waals surface area contributed by atoms with Gasteiger partial charge in [0.2, 0.25) is 0 Å². The summed E-state index contributed by atoms with van der Waals surface area (Å²) >= 11 is 3.63. The summed E-state index contributed by atoms with van der Waals surface area (Å²) in [5.74, 6) is 0. The summed E-state index contributed by atoms with van der Waals surface area (Å²) in [6, 6.07) is 19.2. The Morgan fingerprint density at radius 2 is 1.03 bits per heavy atom. The predicted octanol–water partition coefficient (Wildman–Crippen LogP) is 6.52. The summed E-state index contributed by atoms with van der Waals surface area (Å²) in [5.41, 5.74) is 1.43. The fourth-order valence-electron chi connectivity index (χ4n) is 3.53. The van der Waals surface area contributed by atoms with Gasteiger partial charge in [-0.15, -0.1) is 0 Å². The van der Waals surface area contributed by atoms with Crippen molar-refractivity contribution in [3.05, 3.63) is 69.6 Å². The third kappa shape index (κ3) is 3.92. The molecule has 2 unspecified atom stereocenters. The van der Waals surface area contributed by atoms with E-state index in [2.05, 4.69) is 31.9 Å². The molecular weight excluding hydrogens is 552 g/mol. The Morgan fingerprint density at radius 1 is 0.633 bits per heavy atom. The number of rotatable bonds is 5. The molecule has 4 nitrogen and oxygen atoms in total. The minimum absolute atomic E-state index is 0.511. The van der Waals surface area contributed by atoms with Gasteiger partial charge < -0.3 is 0 Å². The molecule has 0 saturated heterocycles. The van der Waals surface area contributed by atoms with E-state index in [-0.39, 0.29) is 0 Å². The molecule has 0 aromatic heterocycles. The molecule has 0 N–H and O–H groups in total. The first-order chi connectivity index (χ1) is 14.4. The zero-order valence-electron chi connectivity index (χ0n) is 16.0. The van der Waals surface area contributed by atoms with E-state index in [0.29, 0.717) is 20.9 Å². The van der Waals surface area contributed by atoms with Crippen molar-refractivity contribution < 1.29 is 16.8 Å². The molecule has 4 aromatic carbocycles. The molecule has 0 saturated carbocycles. The highest BCUT2D eigenvalue weighted by Crippen LogP contribution is 2.42. The molecule has 0 aliphatic rings. The van der Waals surface area contributed by atoms with Gasteiger partial charge in [-0.05, 0) is 57.9 Å². The summed E-state index contributed by atoms with van der Waals surface area (Å²) in [7, 11) is 2.81. The van der Waals surface area contributed by atoms with Crippen molar-refractivity contribution in [3.8, 4) is 11.1 Å². The molecule has 0 amide bonds. The third-order valence-electron chi connectivity index (χ3n) is 4.80. The number of hydrogen-bond donors (Lipinski definition) is 0. The van der Waals surface area contributed by atoms with Crippen molar-refractivity contribution >= 4 is 75.6 Å². The van der Waals surface area contributed by atoms with Crippen LogP contribution in [-0.2, 0) is 30.5 Å². The SMILES string of the molecule is COS(=O)c1ccc2cc(Br)ccc2c1-c1c(S(=O)OC)ccc2cc(Br)ccc12. The third-order valence-corrected chi connectivity index (χ3v) is 7.79. The van der Waals surface area contributed by atoms with Crippen LogP contribution in [0.4, 0.5) is 0 Å². The van der Waals surface area contributed by atoms with Crippen LogP contribution in [0.3, 0.4) is 0 Å². The molecule has 4 rings (SSSR count). The Labute approximate surface area is 196 Å². The van der Waals surface area contributed by atoms with Gasteiger partial charge in [-0.2, -0.15) is 0 Å². The van der Waals surface area contributed by atoms with Gasteiger partial charge in [0.1, 0.15) is 0 Å². The van der Waals surface area contributed by atoms with E-state index in [1.54, 1.807) is 12.1 Å².